The van der Waals surface area contributed by atoms with Crippen molar-refractivity contribution in [3.05, 3.63) is 0 Å². The fraction of sp³-hybridized carbons (Fsp3) is 1.00. The first-order valence-electron chi connectivity index (χ1n) is 6.11. The summed E-state index contributed by atoms with van der Waals surface area (Å²) in [5.41, 5.74) is 0. The van der Waals surface area contributed by atoms with Crippen molar-refractivity contribution in [2.24, 2.45) is 5.92 Å². The number of hydrogen-bond acceptors (Lipinski definition) is 2. The highest BCUT2D eigenvalue weighted by molar-refractivity contribution is 4.74. The molecule has 0 rings (SSSR count). The van der Waals surface area contributed by atoms with Gasteiger partial charge in [-0.15, -0.1) is 0 Å². The first-order valence-corrected chi connectivity index (χ1v) is 6.11. The molecule has 0 amide bonds. The van der Waals surface area contributed by atoms with E-state index in [4.69, 9.17) is 4.74 Å². The summed E-state index contributed by atoms with van der Waals surface area (Å²) in [5.74, 6) is 0.757. The van der Waals surface area contributed by atoms with Gasteiger partial charge in [-0.05, 0) is 25.8 Å². The molecule has 0 heterocycles. The Balaban J connectivity index is 3.92. The van der Waals surface area contributed by atoms with Crippen LogP contribution in [0.4, 0.5) is 0 Å². The monoisotopic (exact) mass is 201 g/mol. The lowest BCUT2D eigenvalue weighted by molar-refractivity contribution is 0.100. The van der Waals surface area contributed by atoms with Crippen LogP contribution in [0.25, 0.3) is 0 Å². The van der Waals surface area contributed by atoms with Crippen molar-refractivity contribution < 1.29 is 4.74 Å². The smallest absolute Gasteiger partial charge is 0.0622 e. The van der Waals surface area contributed by atoms with Crippen molar-refractivity contribution in [1.82, 2.24) is 5.32 Å². The molecule has 0 fully saturated rings. The predicted molar refractivity (Wildman–Crippen MR) is 62.6 cm³/mol. The summed E-state index contributed by atoms with van der Waals surface area (Å²) in [6.07, 6.45) is 3.68. The van der Waals surface area contributed by atoms with Crippen LogP contribution in [0, 0.1) is 5.92 Å². The standard InChI is InChI=1S/C12H27NO/c1-5-9-13-12(10-14-8-4)11(6-2)7-3/h11-13H,5-10H2,1-4H3. The second-order valence-corrected chi connectivity index (χ2v) is 3.80. The third-order valence-corrected chi connectivity index (χ3v) is 2.78. The molecule has 0 aliphatic heterocycles. The molecule has 0 aromatic rings. The Kier molecular flexibility index (Phi) is 9.42. The fourth-order valence-electron chi connectivity index (χ4n) is 1.79. The van der Waals surface area contributed by atoms with Crippen LogP contribution in [0.5, 0.6) is 0 Å². The Morgan fingerprint density at radius 2 is 1.71 bits per heavy atom. The molecular weight excluding hydrogens is 174 g/mol. The zero-order valence-corrected chi connectivity index (χ0v) is 10.3. The maximum absolute atomic E-state index is 5.51. The van der Waals surface area contributed by atoms with Gasteiger partial charge in [0.1, 0.15) is 0 Å². The maximum Gasteiger partial charge on any atom is 0.0622 e. The molecule has 14 heavy (non-hydrogen) atoms. The molecule has 0 aliphatic rings. The average Bonchev–Trinajstić information content (AvgIpc) is 2.22. The normalized spacial score (nSPS) is 13.5. The summed E-state index contributed by atoms with van der Waals surface area (Å²) in [4.78, 5) is 0. The molecule has 0 aromatic carbocycles. The summed E-state index contributed by atoms with van der Waals surface area (Å²) in [6, 6.07) is 0.546. The predicted octanol–water partition coefficient (Wildman–Crippen LogP) is 2.83. The molecule has 2 heteroatoms. The van der Waals surface area contributed by atoms with Crippen molar-refractivity contribution in [3.63, 3.8) is 0 Å². The average molecular weight is 201 g/mol. The van der Waals surface area contributed by atoms with Crippen LogP contribution in [0.1, 0.15) is 47.0 Å². The lowest BCUT2D eigenvalue weighted by Crippen LogP contribution is -2.40. The summed E-state index contributed by atoms with van der Waals surface area (Å²) in [5, 5.41) is 3.58. The van der Waals surface area contributed by atoms with E-state index in [0.717, 1.165) is 25.7 Å². The van der Waals surface area contributed by atoms with Gasteiger partial charge in [0, 0.05) is 12.6 Å². The number of ether oxygens (including phenoxy) is 1. The molecule has 0 saturated heterocycles. The Labute approximate surface area is 89.4 Å². The minimum atomic E-state index is 0.546. The second kappa shape index (κ2) is 9.47. The highest BCUT2D eigenvalue weighted by Gasteiger charge is 2.17. The topological polar surface area (TPSA) is 21.3 Å². The zero-order chi connectivity index (χ0) is 10.8. The van der Waals surface area contributed by atoms with E-state index in [2.05, 4.69) is 33.0 Å². The minimum Gasteiger partial charge on any atom is -0.380 e. The van der Waals surface area contributed by atoms with Gasteiger partial charge in [0.2, 0.25) is 0 Å². The van der Waals surface area contributed by atoms with Crippen LogP contribution in [-0.4, -0.2) is 25.8 Å². The first-order chi connectivity index (χ1) is 6.79. The van der Waals surface area contributed by atoms with Gasteiger partial charge in [0.25, 0.3) is 0 Å². The van der Waals surface area contributed by atoms with E-state index in [-0.39, 0.29) is 0 Å². The van der Waals surface area contributed by atoms with E-state index in [1.807, 2.05) is 0 Å². The molecule has 0 radical (unpaired) electrons. The molecule has 1 N–H and O–H groups in total. The van der Waals surface area contributed by atoms with Crippen molar-refractivity contribution in [2.75, 3.05) is 19.8 Å². The third-order valence-electron chi connectivity index (χ3n) is 2.78. The molecule has 1 atom stereocenters. The summed E-state index contributed by atoms with van der Waals surface area (Å²) < 4.78 is 5.51. The number of hydrogen-bond donors (Lipinski definition) is 1. The van der Waals surface area contributed by atoms with Gasteiger partial charge >= 0.3 is 0 Å². The largest absolute Gasteiger partial charge is 0.380 e. The van der Waals surface area contributed by atoms with Crippen molar-refractivity contribution >= 4 is 0 Å². The van der Waals surface area contributed by atoms with Crippen LogP contribution < -0.4 is 5.32 Å². The van der Waals surface area contributed by atoms with E-state index in [9.17, 15) is 0 Å². The van der Waals surface area contributed by atoms with E-state index >= 15 is 0 Å². The van der Waals surface area contributed by atoms with Crippen molar-refractivity contribution in [1.29, 1.82) is 0 Å². The number of nitrogens with one attached hydrogen (secondary N) is 1. The lowest BCUT2D eigenvalue weighted by Gasteiger charge is -2.26. The minimum absolute atomic E-state index is 0.546. The maximum atomic E-state index is 5.51. The molecule has 0 aliphatic carbocycles. The van der Waals surface area contributed by atoms with Gasteiger partial charge in [-0.25, -0.2) is 0 Å². The van der Waals surface area contributed by atoms with Gasteiger partial charge < -0.3 is 10.1 Å². The second-order valence-electron chi connectivity index (χ2n) is 3.80. The quantitative estimate of drug-likeness (QED) is 0.619. The van der Waals surface area contributed by atoms with Gasteiger partial charge in [0.05, 0.1) is 6.61 Å². The van der Waals surface area contributed by atoms with Gasteiger partial charge in [-0.2, -0.15) is 0 Å². The van der Waals surface area contributed by atoms with Crippen LogP contribution in [0.15, 0.2) is 0 Å². The molecule has 86 valence electrons. The SMILES string of the molecule is CCCNC(COCC)C(CC)CC. The lowest BCUT2D eigenvalue weighted by atomic mass is 9.94. The molecule has 0 bridgehead atoms. The Morgan fingerprint density at radius 1 is 1.07 bits per heavy atom. The van der Waals surface area contributed by atoms with E-state index < -0.39 is 0 Å². The molecule has 2 nitrogen and oxygen atoms in total. The van der Waals surface area contributed by atoms with Gasteiger partial charge in [-0.3, -0.25) is 0 Å². The van der Waals surface area contributed by atoms with E-state index in [1.165, 1.54) is 19.3 Å². The Bertz CT molecular complexity index is 105. The highest BCUT2D eigenvalue weighted by atomic mass is 16.5. The van der Waals surface area contributed by atoms with Crippen LogP contribution in [-0.2, 0) is 4.74 Å². The third kappa shape index (κ3) is 5.61. The Hall–Kier alpha value is -0.0800. The number of rotatable bonds is 9. The van der Waals surface area contributed by atoms with Crippen LogP contribution in [0.3, 0.4) is 0 Å². The molecular formula is C12H27NO. The van der Waals surface area contributed by atoms with Crippen molar-refractivity contribution in [2.45, 2.75) is 53.0 Å². The van der Waals surface area contributed by atoms with E-state index in [1.54, 1.807) is 0 Å². The Morgan fingerprint density at radius 3 is 2.14 bits per heavy atom. The van der Waals surface area contributed by atoms with Gasteiger partial charge in [-0.1, -0.05) is 33.6 Å². The first kappa shape index (κ1) is 13.9. The summed E-state index contributed by atoms with van der Waals surface area (Å²) >= 11 is 0. The zero-order valence-electron chi connectivity index (χ0n) is 10.3. The fourth-order valence-corrected chi connectivity index (χ4v) is 1.79. The highest BCUT2D eigenvalue weighted by Crippen LogP contribution is 2.13. The molecule has 1 unspecified atom stereocenters. The molecule has 0 saturated carbocycles. The summed E-state index contributed by atoms with van der Waals surface area (Å²) in [6.45, 7) is 11.6. The van der Waals surface area contributed by atoms with Gasteiger partial charge in [0.15, 0.2) is 0 Å². The summed E-state index contributed by atoms with van der Waals surface area (Å²) in [7, 11) is 0. The van der Waals surface area contributed by atoms with Crippen LogP contribution in [0.2, 0.25) is 0 Å². The van der Waals surface area contributed by atoms with Crippen molar-refractivity contribution in [3.8, 4) is 0 Å². The molecule has 0 aromatic heterocycles. The molecule has 0 spiro atoms. The van der Waals surface area contributed by atoms with E-state index in [0.29, 0.717) is 6.04 Å². The van der Waals surface area contributed by atoms with Crippen LogP contribution >= 0.6 is 0 Å².